The standard InChI is InChI=1S/C17H22/c1-2-3-4-5-6-9-15-12-13-16-10-7-8-11-17(16)14-15/h12-14H,2-3,6-11H2,1H3. The summed E-state index contributed by atoms with van der Waals surface area (Å²) in [5.74, 6) is 6.48. The van der Waals surface area contributed by atoms with Crippen molar-refractivity contribution in [2.24, 2.45) is 0 Å². The molecule has 1 aromatic rings. The van der Waals surface area contributed by atoms with Crippen molar-refractivity contribution in [1.29, 1.82) is 0 Å². The van der Waals surface area contributed by atoms with E-state index < -0.39 is 0 Å². The molecule has 0 bridgehead atoms. The lowest BCUT2D eigenvalue weighted by molar-refractivity contribution is 0.684. The first-order valence-corrected chi connectivity index (χ1v) is 6.96. The van der Waals surface area contributed by atoms with Gasteiger partial charge in [-0.25, -0.2) is 0 Å². The van der Waals surface area contributed by atoms with Crippen molar-refractivity contribution < 1.29 is 0 Å². The molecule has 0 atom stereocenters. The smallest absolute Gasteiger partial charge is 0.0129 e. The number of hydrogen-bond acceptors (Lipinski definition) is 0. The van der Waals surface area contributed by atoms with E-state index in [1.165, 1.54) is 37.7 Å². The third-order valence-corrected chi connectivity index (χ3v) is 3.45. The zero-order chi connectivity index (χ0) is 11.9. The fourth-order valence-electron chi connectivity index (χ4n) is 2.45. The first kappa shape index (κ1) is 12.2. The second-order valence-electron chi connectivity index (χ2n) is 4.91. The highest BCUT2D eigenvalue weighted by atomic mass is 14.1. The van der Waals surface area contributed by atoms with Crippen LogP contribution in [0.25, 0.3) is 0 Å². The Kier molecular flexibility index (Phi) is 4.68. The van der Waals surface area contributed by atoms with Gasteiger partial charge in [-0.05, 0) is 55.2 Å². The number of unbranched alkanes of at least 4 members (excludes halogenated alkanes) is 1. The number of rotatable bonds is 3. The van der Waals surface area contributed by atoms with Gasteiger partial charge in [-0.2, -0.15) is 0 Å². The molecular formula is C17H22. The molecule has 0 heterocycles. The van der Waals surface area contributed by atoms with Crippen LogP contribution in [-0.4, -0.2) is 0 Å². The van der Waals surface area contributed by atoms with E-state index in [0.29, 0.717) is 0 Å². The van der Waals surface area contributed by atoms with E-state index in [1.807, 2.05) is 0 Å². The summed E-state index contributed by atoms with van der Waals surface area (Å²) in [6.07, 6.45) is 9.65. The molecule has 0 saturated heterocycles. The molecule has 0 radical (unpaired) electrons. The molecule has 90 valence electrons. The van der Waals surface area contributed by atoms with Crippen LogP contribution >= 0.6 is 0 Å². The predicted octanol–water partition coefficient (Wildman–Crippen LogP) is 4.30. The molecule has 1 aliphatic rings. The zero-order valence-electron chi connectivity index (χ0n) is 10.9. The van der Waals surface area contributed by atoms with Crippen LogP contribution in [0.4, 0.5) is 0 Å². The highest BCUT2D eigenvalue weighted by molar-refractivity contribution is 5.34. The quantitative estimate of drug-likeness (QED) is 0.674. The van der Waals surface area contributed by atoms with Crippen LogP contribution in [0, 0.1) is 11.8 Å². The average Bonchev–Trinajstić information content (AvgIpc) is 2.38. The topological polar surface area (TPSA) is 0 Å². The Morgan fingerprint density at radius 3 is 2.59 bits per heavy atom. The number of aryl methyl sites for hydroxylation is 3. The van der Waals surface area contributed by atoms with Crippen molar-refractivity contribution in [2.45, 2.75) is 58.3 Å². The molecule has 2 rings (SSSR count). The summed E-state index contributed by atoms with van der Waals surface area (Å²) >= 11 is 0. The minimum atomic E-state index is 1.01. The summed E-state index contributed by atoms with van der Waals surface area (Å²) < 4.78 is 0. The second-order valence-corrected chi connectivity index (χ2v) is 4.91. The minimum Gasteiger partial charge on any atom is -0.103 e. The van der Waals surface area contributed by atoms with Crippen LogP contribution in [0.15, 0.2) is 18.2 Å². The zero-order valence-corrected chi connectivity index (χ0v) is 10.9. The minimum absolute atomic E-state index is 1.01. The number of hydrogen-bond donors (Lipinski definition) is 0. The Balaban J connectivity index is 1.91. The molecule has 0 aliphatic heterocycles. The van der Waals surface area contributed by atoms with E-state index in [2.05, 4.69) is 37.0 Å². The second kappa shape index (κ2) is 6.50. The molecule has 0 N–H and O–H groups in total. The van der Waals surface area contributed by atoms with Gasteiger partial charge < -0.3 is 0 Å². The summed E-state index contributed by atoms with van der Waals surface area (Å²) in [4.78, 5) is 0. The first-order valence-electron chi connectivity index (χ1n) is 6.96. The maximum atomic E-state index is 3.26. The lowest BCUT2D eigenvalue weighted by Crippen LogP contribution is -2.03. The normalized spacial score (nSPS) is 13.7. The Hall–Kier alpha value is -1.22. The van der Waals surface area contributed by atoms with E-state index in [0.717, 1.165) is 19.3 Å². The molecule has 0 spiro atoms. The molecule has 0 saturated carbocycles. The van der Waals surface area contributed by atoms with Gasteiger partial charge in [0.05, 0.1) is 0 Å². The fourth-order valence-corrected chi connectivity index (χ4v) is 2.45. The van der Waals surface area contributed by atoms with E-state index in [-0.39, 0.29) is 0 Å². The predicted molar refractivity (Wildman–Crippen MR) is 74.1 cm³/mol. The Morgan fingerprint density at radius 1 is 1.00 bits per heavy atom. The van der Waals surface area contributed by atoms with Crippen molar-refractivity contribution in [2.75, 3.05) is 0 Å². The van der Waals surface area contributed by atoms with Gasteiger partial charge in [0.25, 0.3) is 0 Å². The lowest BCUT2D eigenvalue weighted by atomic mass is 9.90. The summed E-state index contributed by atoms with van der Waals surface area (Å²) in [7, 11) is 0. The summed E-state index contributed by atoms with van der Waals surface area (Å²) in [5.41, 5.74) is 4.64. The molecule has 0 aromatic heterocycles. The van der Waals surface area contributed by atoms with Crippen LogP contribution in [-0.2, 0) is 19.3 Å². The Bertz CT molecular complexity index is 417. The highest BCUT2D eigenvalue weighted by Gasteiger charge is 2.08. The molecule has 1 aliphatic carbocycles. The lowest BCUT2D eigenvalue weighted by Gasteiger charge is -2.16. The van der Waals surface area contributed by atoms with Crippen molar-refractivity contribution in [3.63, 3.8) is 0 Å². The third-order valence-electron chi connectivity index (χ3n) is 3.45. The highest BCUT2D eigenvalue weighted by Crippen LogP contribution is 2.22. The average molecular weight is 226 g/mol. The van der Waals surface area contributed by atoms with Crippen molar-refractivity contribution in [3.8, 4) is 11.8 Å². The van der Waals surface area contributed by atoms with E-state index in [9.17, 15) is 0 Å². The number of fused-ring (bicyclic) bond motifs is 1. The molecular weight excluding hydrogens is 204 g/mol. The summed E-state index contributed by atoms with van der Waals surface area (Å²) in [5, 5.41) is 0. The molecule has 0 amide bonds. The van der Waals surface area contributed by atoms with E-state index in [4.69, 9.17) is 0 Å². The largest absolute Gasteiger partial charge is 0.103 e. The SMILES string of the molecule is CCCC#CCCc1ccc2c(c1)CCCC2. The van der Waals surface area contributed by atoms with Gasteiger partial charge in [0.15, 0.2) is 0 Å². The van der Waals surface area contributed by atoms with Gasteiger partial charge in [0, 0.05) is 12.8 Å². The van der Waals surface area contributed by atoms with Crippen molar-refractivity contribution >= 4 is 0 Å². The fraction of sp³-hybridized carbons (Fsp3) is 0.529. The van der Waals surface area contributed by atoms with Gasteiger partial charge in [0.2, 0.25) is 0 Å². The first-order chi connectivity index (χ1) is 8.40. The van der Waals surface area contributed by atoms with Crippen LogP contribution in [0.1, 0.15) is 55.7 Å². The molecule has 0 fully saturated rings. The molecule has 1 aromatic carbocycles. The van der Waals surface area contributed by atoms with Crippen LogP contribution < -0.4 is 0 Å². The number of benzene rings is 1. The van der Waals surface area contributed by atoms with E-state index in [1.54, 1.807) is 11.1 Å². The maximum Gasteiger partial charge on any atom is 0.0129 e. The monoisotopic (exact) mass is 226 g/mol. The van der Waals surface area contributed by atoms with Crippen LogP contribution in [0.3, 0.4) is 0 Å². The van der Waals surface area contributed by atoms with Gasteiger partial charge in [0.1, 0.15) is 0 Å². The third kappa shape index (κ3) is 3.63. The van der Waals surface area contributed by atoms with Gasteiger partial charge in [-0.3, -0.25) is 0 Å². The van der Waals surface area contributed by atoms with Gasteiger partial charge >= 0.3 is 0 Å². The van der Waals surface area contributed by atoms with Crippen LogP contribution in [0.5, 0.6) is 0 Å². The molecule has 0 unspecified atom stereocenters. The molecule has 0 nitrogen and oxygen atoms in total. The van der Waals surface area contributed by atoms with Crippen LogP contribution in [0.2, 0.25) is 0 Å². The van der Waals surface area contributed by atoms with Gasteiger partial charge in [-0.1, -0.05) is 25.1 Å². The summed E-state index contributed by atoms with van der Waals surface area (Å²) in [6, 6.07) is 7.05. The Labute approximate surface area is 105 Å². The molecule has 0 heteroatoms. The summed E-state index contributed by atoms with van der Waals surface area (Å²) in [6.45, 7) is 2.18. The van der Waals surface area contributed by atoms with Crippen molar-refractivity contribution in [1.82, 2.24) is 0 Å². The molecule has 17 heavy (non-hydrogen) atoms. The van der Waals surface area contributed by atoms with E-state index >= 15 is 0 Å². The maximum absolute atomic E-state index is 3.26. The van der Waals surface area contributed by atoms with Gasteiger partial charge in [-0.15, -0.1) is 11.8 Å². The Morgan fingerprint density at radius 2 is 1.76 bits per heavy atom. The van der Waals surface area contributed by atoms with Crippen molar-refractivity contribution in [3.05, 3.63) is 34.9 Å².